The Morgan fingerprint density at radius 3 is 2.61 bits per heavy atom. The van der Waals surface area contributed by atoms with Gasteiger partial charge in [0.05, 0.1) is 0 Å². The predicted molar refractivity (Wildman–Crippen MR) is 104 cm³/mol. The topological polar surface area (TPSA) is 80.1 Å². The number of rotatable bonds is 5. The van der Waals surface area contributed by atoms with Crippen LogP contribution in [0.25, 0.3) is 0 Å². The molecular weight excluding hydrogens is 354 g/mol. The number of likely N-dealkylation sites (tertiary alicyclic amines) is 1. The van der Waals surface area contributed by atoms with Gasteiger partial charge in [0.15, 0.2) is 0 Å². The highest BCUT2D eigenvalue weighted by Crippen LogP contribution is 2.33. The lowest BCUT2D eigenvalue weighted by molar-refractivity contribution is -0.131. The molecule has 1 saturated heterocycles. The molecule has 0 saturated carbocycles. The quantitative estimate of drug-likeness (QED) is 0.858. The SMILES string of the molecule is CC(C)CC(=O)N1CC2Cc3nnc(C(=O)NCc4ccccc4)n3CC2C1. The molecule has 2 aromatic rings. The molecule has 7 heteroatoms. The molecular formula is C21H27N5O2. The number of benzene rings is 1. The molecule has 0 radical (unpaired) electrons. The summed E-state index contributed by atoms with van der Waals surface area (Å²) in [7, 11) is 0. The lowest BCUT2D eigenvalue weighted by atomic mass is 9.89. The maximum atomic E-state index is 12.6. The molecule has 0 bridgehead atoms. The highest BCUT2D eigenvalue weighted by Gasteiger charge is 2.40. The van der Waals surface area contributed by atoms with Crippen molar-refractivity contribution in [1.29, 1.82) is 0 Å². The van der Waals surface area contributed by atoms with Crippen molar-refractivity contribution in [1.82, 2.24) is 25.0 Å². The van der Waals surface area contributed by atoms with Gasteiger partial charge in [-0.15, -0.1) is 10.2 Å². The Bertz CT molecular complexity index is 861. The van der Waals surface area contributed by atoms with Crippen molar-refractivity contribution in [2.75, 3.05) is 13.1 Å². The summed E-state index contributed by atoms with van der Waals surface area (Å²) in [6.07, 6.45) is 1.37. The summed E-state index contributed by atoms with van der Waals surface area (Å²) in [5, 5.41) is 11.3. The van der Waals surface area contributed by atoms with Crippen LogP contribution in [0.5, 0.6) is 0 Å². The molecule has 4 rings (SSSR count). The third kappa shape index (κ3) is 3.79. The van der Waals surface area contributed by atoms with E-state index in [4.69, 9.17) is 0 Å². The van der Waals surface area contributed by atoms with Gasteiger partial charge in [0, 0.05) is 39.0 Å². The van der Waals surface area contributed by atoms with Gasteiger partial charge in [-0.1, -0.05) is 44.2 Å². The minimum Gasteiger partial charge on any atom is -0.345 e. The van der Waals surface area contributed by atoms with E-state index in [0.29, 0.717) is 43.1 Å². The molecule has 3 heterocycles. The van der Waals surface area contributed by atoms with Gasteiger partial charge in [-0.2, -0.15) is 0 Å². The second kappa shape index (κ2) is 7.73. The minimum atomic E-state index is -0.202. The number of aromatic nitrogens is 3. The third-order valence-electron chi connectivity index (χ3n) is 5.70. The molecule has 1 fully saturated rings. The van der Waals surface area contributed by atoms with Gasteiger partial charge < -0.3 is 14.8 Å². The van der Waals surface area contributed by atoms with Crippen LogP contribution >= 0.6 is 0 Å². The largest absolute Gasteiger partial charge is 0.345 e. The molecule has 148 valence electrons. The highest BCUT2D eigenvalue weighted by atomic mass is 16.2. The fraction of sp³-hybridized carbons (Fsp3) is 0.524. The summed E-state index contributed by atoms with van der Waals surface area (Å²) in [6.45, 7) is 6.86. The Hall–Kier alpha value is -2.70. The fourth-order valence-electron chi connectivity index (χ4n) is 4.23. The molecule has 2 aliphatic heterocycles. The van der Waals surface area contributed by atoms with Crippen LogP contribution in [-0.4, -0.2) is 44.6 Å². The average molecular weight is 381 g/mol. The number of hydrogen-bond donors (Lipinski definition) is 1. The molecule has 28 heavy (non-hydrogen) atoms. The van der Waals surface area contributed by atoms with Crippen LogP contribution in [0.15, 0.2) is 30.3 Å². The van der Waals surface area contributed by atoms with Gasteiger partial charge in [-0.3, -0.25) is 9.59 Å². The summed E-state index contributed by atoms with van der Waals surface area (Å²) >= 11 is 0. The number of fused-ring (bicyclic) bond motifs is 2. The molecule has 7 nitrogen and oxygen atoms in total. The summed E-state index contributed by atoms with van der Waals surface area (Å²) in [4.78, 5) is 27.1. The van der Waals surface area contributed by atoms with Crippen LogP contribution in [-0.2, 0) is 24.3 Å². The Morgan fingerprint density at radius 1 is 1.11 bits per heavy atom. The fourth-order valence-corrected chi connectivity index (χ4v) is 4.23. The molecule has 2 unspecified atom stereocenters. The lowest BCUT2D eigenvalue weighted by Gasteiger charge is -2.25. The number of carbonyl (C=O) groups excluding carboxylic acids is 2. The highest BCUT2D eigenvalue weighted by molar-refractivity contribution is 5.90. The van der Waals surface area contributed by atoms with E-state index in [2.05, 4.69) is 29.4 Å². The number of amides is 2. The van der Waals surface area contributed by atoms with Crippen LogP contribution in [0.2, 0.25) is 0 Å². The summed E-state index contributed by atoms with van der Waals surface area (Å²) in [6, 6.07) is 9.81. The molecule has 1 aromatic heterocycles. The van der Waals surface area contributed by atoms with E-state index < -0.39 is 0 Å². The van der Waals surface area contributed by atoms with Crippen molar-refractivity contribution >= 4 is 11.8 Å². The van der Waals surface area contributed by atoms with Crippen molar-refractivity contribution in [2.24, 2.45) is 17.8 Å². The van der Waals surface area contributed by atoms with E-state index in [0.717, 1.165) is 30.9 Å². The van der Waals surface area contributed by atoms with Gasteiger partial charge >= 0.3 is 0 Å². The Balaban J connectivity index is 1.41. The predicted octanol–water partition coefficient (Wildman–Crippen LogP) is 1.88. The van der Waals surface area contributed by atoms with Gasteiger partial charge in [-0.25, -0.2) is 0 Å². The number of hydrogen-bond acceptors (Lipinski definition) is 4. The lowest BCUT2D eigenvalue weighted by Crippen LogP contribution is -2.33. The zero-order valence-corrected chi connectivity index (χ0v) is 16.5. The smallest absolute Gasteiger partial charge is 0.289 e. The van der Waals surface area contributed by atoms with Crippen LogP contribution in [0.3, 0.4) is 0 Å². The summed E-state index contributed by atoms with van der Waals surface area (Å²) in [5.74, 6) is 2.40. The van der Waals surface area contributed by atoms with Gasteiger partial charge in [0.1, 0.15) is 5.82 Å². The Kier molecular flexibility index (Phi) is 5.15. The van der Waals surface area contributed by atoms with Crippen molar-refractivity contribution in [3.63, 3.8) is 0 Å². The van der Waals surface area contributed by atoms with E-state index in [1.54, 1.807) is 0 Å². The molecule has 2 aliphatic rings. The van der Waals surface area contributed by atoms with Crippen LogP contribution in [0.1, 0.15) is 42.3 Å². The van der Waals surface area contributed by atoms with Gasteiger partial charge in [0.25, 0.3) is 5.91 Å². The zero-order valence-electron chi connectivity index (χ0n) is 16.5. The Morgan fingerprint density at radius 2 is 1.86 bits per heavy atom. The van der Waals surface area contributed by atoms with Crippen molar-refractivity contribution < 1.29 is 9.59 Å². The molecule has 0 aliphatic carbocycles. The first kappa shape index (κ1) is 18.7. The van der Waals surface area contributed by atoms with Crippen molar-refractivity contribution in [2.45, 2.75) is 39.8 Å². The molecule has 2 amide bonds. The first-order valence-electron chi connectivity index (χ1n) is 10.0. The van der Waals surface area contributed by atoms with Crippen LogP contribution < -0.4 is 5.32 Å². The van der Waals surface area contributed by atoms with E-state index in [1.165, 1.54) is 0 Å². The van der Waals surface area contributed by atoms with E-state index >= 15 is 0 Å². The second-order valence-electron chi connectivity index (χ2n) is 8.34. The number of nitrogens with one attached hydrogen (secondary N) is 1. The molecule has 1 N–H and O–H groups in total. The van der Waals surface area contributed by atoms with Gasteiger partial charge in [-0.05, 0) is 23.3 Å². The van der Waals surface area contributed by atoms with Crippen LogP contribution in [0, 0.1) is 17.8 Å². The monoisotopic (exact) mass is 381 g/mol. The van der Waals surface area contributed by atoms with Crippen molar-refractivity contribution in [3.05, 3.63) is 47.5 Å². The standard InChI is InChI=1S/C21H27N5O2/c1-14(2)8-19(27)25-11-16-9-18-23-24-20(26(18)13-17(16)12-25)21(28)22-10-15-6-4-3-5-7-15/h3-7,14,16-17H,8-13H2,1-2H3,(H,22,28). The Labute approximate surface area is 165 Å². The average Bonchev–Trinajstić information content (AvgIpc) is 3.28. The molecule has 2 atom stereocenters. The van der Waals surface area contributed by atoms with E-state index in [-0.39, 0.29) is 11.8 Å². The number of carbonyl (C=O) groups is 2. The maximum absolute atomic E-state index is 12.6. The minimum absolute atomic E-state index is 0.202. The number of nitrogens with zero attached hydrogens (tertiary/aromatic N) is 4. The molecule has 1 aromatic carbocycles. The second-order valence-corrected chi connectivity index (χ2v) is 8.34. The first-order chi connectivity index (χ1) is 13.5. The van der Waals surface area contributed by atoms with Gasteiger partial charge in [0.2, 0.25) is 11.7 Å². The third-order valence-corrected chi connectivity index (χ3v) is 5.70. The zero-order chi connectivity index (χ0) is 19.7. The molecule has 0 spiro atoms. The van der Waals surface area contributed by atoms with E-state index in [1.807, 2.05) is 39.8 Å². The van der Waals surface area contributed by atoms with E-state index in [9.17, 15) is 9.59 Å². The maximum Gasteiger partial charge on any atom is 0.289 e. The summed E-state index contributed by atoms with van der Waals surface area (Å²) in [5.41, 5.74) is 1.05. The van der Waals surface area contributed by atoms with Crippen molar-refractivity contribution in [3.8, 4) is 0 Å². The normalized spacial score (nSPS) is 20.8. The van der Waals surface area contributed by atoms with Crippen LogP contribution in [0.4, 0.5) is 0 Å². The first-order valence-corrected chi connectivity index (χ1v) is 10.0. The summed E-state index contributed by atoms with van der Waals surface area (Å²) < 4.78 is 1.94.